The maximum Gasteiger partial charge on any atom is 0.270 e. The predicted octanol–water partition coefficient (Wildman–Crippen LogP) is 3.15. The average molecular weight is 349 g/mol. The van der Waals surface area contributed by atoms with Gasteiger partial charge >= 0.3 is 0 Å². The Kier molecular flexibility index (Phi) is 4.29. The van der Waals surface area contributed by atoms with Gasteiger partial charge in [0, 0.05) is 44.3 Å². The molecule has 0 atom stereocenters. The molecule has 134 valence electrons. The van der Waals surface area contributed by atoms with Gasteiger partial charge in [0.25, 0.3) is 5.91 Å². The number of ether oxygens (including phenoxy) is 1. The van der Waals surface area contributed by atoms with Crippen LogP contribution in [0.3, 0.4) is 0 Å². The Morgan fingerprint density at radius 2 is 1.69 bits per heavy atom. The Labute approximate surface area is 153 Å². The lowest BCUT2D eigenvalue weighted by atomic mass is 10.2. The fourth-order valence-corrected chi connectivity index (χ4v) is 3.69. The van der Waals surface area contributed by atoms with Crippen molar-refractivity contribution < 1.29 is 9.53 Å². The van der Waals surface area contributed by atoms with E-state index in [1.54, 1.807) is 7.11 Å². The number of carbonyl (C=O) groups is 1. The van der Waals surface area contributed by atoms with Gasteiger partial charge in [-0.2, -0.15) is 0 Å². The lowest BCUT2D eigenvalue weighted by molar-refractivity contribution is 0.0737. The third-order valence-corrected chi connectivity index (χ3v) is 5.17. The Hall–Kier alpha value is -2.95. The van der Waals surface area contributed by atoms with E-state index in [1.165, 1.54) is 5.69 Å². The third-order valence-electron chi connectivity index (χ3n) is 5.17. The molecule has 2 heterocycles. The highest BCUT2D eigenvalue weighted by atomic mass is 16.5. The second-order valence-corrected chi connectivity index (χ2v) is 6.60. The number of aromatic nitrogens is 1. The molecular weight excluding hydrogens is 326 g/mol. The number of methoxy groups -OCH3 is 1. The average Bonchev–Trinajstić information content (AvgIpc) is 3.05. The molecule has 0 radical (unpaired) electrons. The summed E-state index contributed by atoms with van der Waals surface area (Å²) < 4.78 is 7.40. The summed E-state index contributed by atoms with van der Waals surface area (Å²) in [5.74, 6) is 0.879. The summed E-state index contributed by atoms with van der Waals surface area (Å²) in [5.41, 5.74) is 2.93. The first kappa shape index (κ1) is 16.5. The van der Waals surface area contributed by atoms with Crippen LogP contribution in [-0.2, 0) is 7.05 Å². The van der Waals surface area contributed by atoms with Crippen LogP contribution in [-0.4, -0.2) is 48.7 Å². The van der Waals surface area contributed by atoms with Crippen molar-refractivity contribution in [2.24, 2.45) is 7.05 Å². The minimum Gasteiger partial charge on any atom is -0.496 e. The number of fused-ring (bicyclic) bond motifs is 1. The van der Waals surface area contributed by atoms with E-state index in [1.807, 2.05) is 46.8 Å². The smallest absolute Gasteiger partial charge is 0.270 e. The summed E-state index contributed by atoms with van der Waals surface area (Å²) in [7, 11) is 3.60. The lowest BCUT2D eigenvalue weighted by Gasteiger charge is -2.36. The van der Waals surface area contributed by atoms with E-state index in [9.17, 15) is 4.79 Å². The highest BCUT2D eigenvalue weighted by molar-refractivity contribution is 6.00. The van der Waals surface area contributed by atoms with Gasteiger partial charge in [0.15, 0.2) is 0 Å². The first-order valence-corrected chi connectivity index (χ1v) is 8.91. The van der Waals surface area contributed by atoms with Gasteiger partial charge in [0.05, 0.1) is 12.6 Å². The van der Waals surface area contributed by atoms with Crippen molar-refractivity contribution in [3.8, 4) is 5.75 Å². The molecule has 0 N–H and O–H groups in total. The molecule has 1 saturated heterocycles. The third kappa shape index (κ3) is 2.79. The Bertz CT molecular complexity index is 925. The van der Waals surface area contributed by atoms with Gasteiger partial charge in [-0.3, -0.25) is 4.79 Å². The second kappa shape index (κ2) is 6.75. The van der Waals surface area contributed by atoms with Crippen LogP contribution in [0.15, 0.2) is 54.6 Å². The Balaban J connectivity index is 1.54. The molecule has 0 saturated carbocycles. The van der Waals surface area contributed by atoms with E-state index in [-0.39, 0.29) is 5.91 Å². The minimum absolute atomic E-state index is 0.0819. The van der Waals surface area contributed by atoms with E-state index in [0.29, 0.717) is 5.69 Å². The molecule has 1 amide bonds. The molecule has 0 unspecified atom stereocenters. The van der Waals surface area contributed by atoms with E-state index < -0.39 is 0 Å². The lowest BCUT2D eigenvalue weighted by Crippen LogP contribution is -2.49. The number of amides is 1. The number of rotatable bonds is 3. The van der Waals surface area contributed by atoms with E-state index in [4.69, 9.17) is 4.74 Å². The number of anilines is 1. The molecule has 0 bridgehead atoms. The zero-order chi connectivity index (χ0) is 18.1. The maximum absolute atomic E-state index is 13.1. The number of benzene rings is 2. The number of piperazine rings is 1. The van der Waals surface area contributed by atoms with Crippen molar-refractivity contribution in [2.75, 3.05) is 38.2 Å². The van der Waals surface area contributed by atoms with Crippen LogP contribution >= 0.6 is 0 Å². The molecule has 2 aromatic carbocycles. The van der Waals surface area contributed by atoms with Gasteiger partial charge in [-0.1, -0.05) is 24.3 Å². The zero-order valence-corrected chi connectivity index (χ0v) is 15.2. The quantitative estimate of drug-likeness (QED) is 0.729. The number of hydrogen-bond donors (Lipinski definition) is 0. The molecular formula is C21H23N3O2. The molecule has 5 heteroatoms. The van der Waals surface area contributed by atoms with Crippen molar-refractivity contribution in [3.63, 3.8) is 0 Å². The van der Waals surface area contributed by atoms with Gasteiger partial charge in [-0.15, -0.1) is 0 Å². The largest absolute Gasteiger partial charge is 0.496 e. The molecule has 1 aromatic heterocycles. The monoisotopic (exact) mass is 349 g/mol. The Morgan fingerprint density at radius 1 is 0.962 bits per heavy atom. The van der Waals surface area contributed by atoms with Gasteiger partial charge in [-0.25, -0.2) is 0 Å². The number of hydrogen-bond acceptors (Lipinski definition) is 3. The zero-order valence-electron chi connectivity index (χ0n) is 15.2. The normalized spacial score (nSPS) is 14.7. The summed E-state index contributed by atoms with van der Waals surface area (Å²) in [6, 6.07) is 18.2. The van der Waals surface area contributed by atoms with Crippen LogP contribution in [0.4, 0.5) is 5.69 Å². The molecule has 1 fully saturated rings. The van der Waals surface area contributed by atoms with Crippen molar-refractivity contribution in [1.82, 2.24) is 9.47 Å². The van der Waals surface area contributed by atoms with Crippen molar-refractivity contribution in [2.45, 2.75) is 0 Å². The van der Waals surface area contributed by atoms with Crippen LogP contribution < -0.4 is 9.64 Å². The number of nitrogens with zero attached hydrogens (tertiary/aromatic N) is 3. The highest BCUT2D eigenvalue weighted by Gasteiger charge is 2.25. The van der Waals surface area contributed by atoms with Crippen molar-refractivity contribution in [3.05, 3.63) is 60.3 Å². The molecule has 26 heavy (non-hydrogen) atoms. The van der Waals surface area contributed by atoms with Gasteiger partial charge in [-0.05, 0) is 30.3 Å². The molecule has 3 aromatic rings. The van der Waals surface area contributed by atoms with Gasteiger partial charge in [0.2, 0.25) is 0 Å². The fourth-order valence-electron chi connectivity index (χ4n) is 3.69. The maximum atomic E-state index is 13.1. The van der Waals surface area contributed by atoms with E-state index in [0.717, 1.165) is 42.8 Å². The summed E-state index contributed by atoms with van der Waals surface area (Å²) >= 11 is 0. The van der Waals surface area contributed by atoms with Crippen LogP contribution in [0.1, 0.15) is 10.5 Å². The SMILES string of the molecule is COc1cccc2c1cc(C(=O)N1CCN(c3ccccc3)CC1)n2C. The van der Waals surface area contributed by atoms with Crippen LogP contribution in [0.5, 0.6) is 5.75 Å². The van der Waals surface area contributed by atoms with Crippen LogP contribution in [0.25, 0.3) is 10.9 Å². The molecule has 0 spiro atoms. The summed E-state index contributed by atoms with van der Waals surface area (Å²) in [5, 5.41) is 0.976. The Morgan fingerprint density at radius 3 is 2.38 bits per heavy atom. The molecule has 4 rings (SSSR count). The number of aryl methyl sites for hydroxylation is 1. The molecule has 0 aliphatic carbocycles. The van der Waals surface area contributed by atoms with Crippen LogP contribution in [0.2, 0.25) is 0 Å². The number of para-hydroxylation sites is 1. The fraction of sp³-hybridized carbons (Fsp3) is 0.286. The van der Waals surface area contributed by atoms with Gasteiger partial charge in [0.1, 0.15) is 11.4 Å². The number of carbonyl (C=O) groups excluding carboxylic acids is 1. The first-order chi connectivity index (χ1) is 12.7. The first-order valence-electron chi connectivity index (χ1n) is 8.91. The van der Waals surface area contributed by atoms with Crippen LogP contribution in [0, 0.1) is 0 Å². The summed E-state index contributed by atoms with van der Waals surface area (Å²) in [4.78, 5) is 17.4. The standard InChI is InChI=1S/C21H23N3O2/c1-22-18-9-6-10-20(26-2)17(18)15-19(22)21(25)24-13-11-23(12-14-24)16-7-4-3-5-8-16/h3-10,15H,11-14H2,1-2H3. The van der Waals surface area contributed by atoms with Gasteiger partial charge < -0.3 is 19.1 Å². The van der Waals surface area contributed by atoms with Crippen molar-refractivity contribution in [1.29, 1.82) is 0 Å². The predicted molar refractivity (Wildman–Crippen MR) is 104 cm³/mol. The van der Waals surface area contributed by atoms with E-state index in [2.05, 4.69) is 29.2 Å². The molecule has 1 aliphatic rings. The summed E-state index contributed by atoms with van der Waals surface area (Å²) in [6.45, 7) is 3.16. The van der Waals surface area contributed by atoms with Crippen molar-refractivity contribution >= 4 is 22.5 Å². The minimum atomic E-state index is 0.0819. The molecule has 1 aliphatic heterocycles. The topological polar surface area (TPSA) is 37.7 Å². The van der Waals surface area contributed by atoms with E-state index >= 15 is 0 Å². The molecule has 5 nitrogen and oxygen atoms in total. The summed E-state index contributed by atoms with van der Waals surface area (Å²) in [6.07, 6.45) is 0. The highest BCUT2D eigenvalue weighted by Crippen LogP contribution is 2.29. The second-order valence-electron chi connectivity index (χ2n) is 6.60.